The first-order chi connectivity index (χ1) is 5.75. The summed E-state index contributed by atoms with van der Waals surface area (Å²) < 4.78 is 64.5. The van der Waals surface area contributed by atoms with Crippen molar-refractivity contribution in [3.63, 3.8) is 0 Å². The van der Waals surface area contributed by atoms with Crippen molar-refractivity contribution in [2.45, 2.75) is 20.5 Å². The molecule has 14 heavy (non-hydrogen) atoms. The maximum atomic E-state index is 12.7. The summed E-state index contributed by atoms with van der Waals surface area (Å²) in [6.07, 6.45) is -5.92. The lowest BCUT2D eigenvalue weighted by Crippen LogP contribution is -2.57. The van der Waals surface area contributed by atoms with E-state index in [1.807, 2.05) is 0 Å². The van der Waals surface area contributed by atoms with Crippen molar-refractivity contribution in [1.29, 1.82) is 0 Å². The van der Waals surface area contributed by atoms with E-state index in [1.165, 1.54) is 0 Å². The molecule has 0 aromatic heterocycles. The molecule has 0 fully saturated rings. The molecule has 0 rings (SSSR count). The number of alkyl halides is 10. The SMILES string of the molecule is FC(F)(F)C(F)(Br)C(F)(F)C(Cl)(Cl)Cl. The summed E-state index contributed by atoms with van der Waals surface area (Å²) >= 11 is 14.7. The summed E-state index contributed by atoms with van der Waals surface area (Å²) in [4.78, 5) is 0. The minimum absolute atomic E-state index is 1.16. The van der Waals surface area contributed by atoms with Crippen molar-refractivity contribution in [3.8, 4) is 0 Å². The number of halogens is 10. The van der Waals surface area contributed by atoms with Crippen LogP contribution in [0.4, 0.5) is 26.3 Å². The molecule has 1 atom stereocenters. The average molecular weight is 348 g/mol. The fourth-order valence-electron chi connectivity index (χ4n) is 0.356. The smallest absolute Gasteiger partial charge is 0.214 e. The molecule has 0 bridgehead atoms. The van der Waals surface area contributed by atoms with Crippen molar-refractivity contribution in [3.05, 3.63) is 0 Å². The lowest BCUT2D eigenvalue weighted by molar-refractivity contribution is -0.257. The molecule has 0 saturated carbocycles. The number of hydrogen-bond acceptors (Lipinski definition) is 0. The van der Waals surface area contributed by atoms with Crippen LogP contribution in [-0.2, 0) is 0 Å². The van der Waals surface area contributed by atoms with E-state index in [9.17, 15) is 26.3 Å². The van der Waals surface area contributed by atoms with Crippen molar-refractivity contribution in [2.24, 2.45) is 0 Å². The normalized spacial score (nSPS) is 19.3. The Bertz CT molecular complexity index is 194. The van der Waals surface area contributed by atoms with E-state index in [4.69, 9.17) is 0 Å². The maximum Gasteiger partial charge on any atom is 0.439 e. The molecule has 10 heteroatoms. The maximum absolute atomic E-state index is 12.7. The van der Waals surface area contributed by atoms with Gasteiger partial charge >= 0.3 is 16.7 Å². The fraction of sp³-hybridized carbons (Fsp3) is 1.00. The molecule has 0 heterocycles. The molecule has 0 radical (unpaired) electrons. The number of rotatable bonds is 1. The molecule has 0 aliphatic heterocycles. The molecule has 0 nitrogen and oxygen atoms in total. The molecule has 0 aliphatic rings. The standard InChI is InChI=1S/C4BrCl3F6/c5-1(9,4(12,13)14)2(10,11)3(6,7)8. The highest BCUT2D eigenvalue weighted by molar-refractivity contribution is 9.10. The highest BCUT2D eigenvalue weighted by Gasteiger charge is 2.76. The van der Waals surface area contributed by atoms with Gasteiger partial charge in [-0.15, -0.1) is 0 Å². The molecule has 0 amide bonds. The van der Waals surface area contributed by atoms with Gasteiger partial charge in [0.15, 0.2) is 0 Å². The molecule has 86 valence electrons. The lowest BCUT2D eigenvalue weighted by atomic mass is 10.2. The molecular weight excluding hydrogens is 348 g/mol. The van der Waals surface area contributed by atoms with Gasteiger partial charge in [0, 0.05) is 0 Å². The van der Waals surface area contributed by atoms with Crippen LogP contribution in [0.5, 0.6) is 0 Å². The van der Waals surface area contributed by atoms with Crippen molar-refractivity contribution >= 4 is 50.7 Å². The first kappa shape index (κ1) is 14.9. The highest BCUT2D eigenvalue weighted by Crippen LogP contribution is 2.58. The quantitative estimate of drug-likeness (QED) is 0.479. The molecule has 0 saturated heterocycles. The molecule has 0 aromatic carbocycles. The summed E-state index contributed by atoms with van der Waals surface area (Å²) in [7, 11) is 0. The third-order valence-corrected chi connectivity index (χ3v) is 2.77. The van der Waals surface area contributed by atoms with Gasteiger partial charge in [0.1, 0.15) is 0 Å². The predicted molar refractivity (Wildman–Crippen MR) is 44.1 cm³/mol. The van der Waals surface area contributed by atoms with Gasteiger partial charge < -0.3 is 0 Å². The summed E-state index contributed by atoms with van der Waals surface area (Å²) in [5.74, 6) is -5.26. The lowest BCUT2D eigenvalue weighted by Gasteiger charge is -2.34. The van der Waals surface area contributed by atoms with E-state index < -0.39 is 20.5 Å². The van der Waals surface area contributed by atoms with Crippen LogP contribution < -0.4 is 0 Å². The van der Waals surface area contributed by atoms with E-state index in [2.05, 4.69) is 34.8 Å². The second-order valence-electron chi connectivity index (χ2n) is 2.14. The van der Waals surface area contributed by atoms with Crippen molar-refractivity contribution in [2.75, 3.05) is 0 Å². The Balaban J connectivity index is 5.30. The topological polar surface area (TPSA) is 0 Å². The van der Waals surface area contributed by atoms with Crippen LogP contribution >= 0.6 is 50.7 Å². The van der Waals surface area contributed by atoms with Crippen LogP contribution in [0.1, 0.15) is 0 Å². The zero-order chi connectivity index (χ0) is 12.0. The summed E-state index contributed by atoms with van der Waals surface area (Å²) in [6, 6.07) is 0. The van der Waals surface area contributed by atoms with Crippen LogP contribution in [0.15, 0.2) is 0 Å². The summed E-state index contributed by atoms with van der Waals surface area (Å²) in [6.45, 7) is 0. The van der Waals surface area contributed by atoms with Gasteiger partial charge in [-0.25, -0.2) is 4.39 Å². The van der Waals surface area contributed by atoms with Crippen LogP contribution in [0.25, 0.3) is 0 Å². The van der Waals surface area contributed by atoms with Crippen LogP contribution in [-0.4, -0.2) is 20.5 Å². The Hall–Kier alpha value is 0.930. The Kier molecular flexibility index (Phi) is 4.00. The molecule has 0 N–H and O–H groups in total. The Morgan fingerprint density at radius 1 is 0.786 bits per heavy atom. The van der Waals surface area contributed by atoms with E-state index in [-0.39, 0.29) is 0 Å². The Morgan fingerprint density at radius 3 is 1.14 bits per heavy atom. The average Bonchev–Trinajstić information content (AvgIpc) is 1.81. The van der Waals surface area contributed by atoms with Gasteiger partial charge in [0.05, 0.1) is 0 Å². The van der Waals surface area contributed by atoms with Crippen LogP contribution in [0, 0.1) is 0 Å². The monoisotopic (exact) mass is 346 g/mol. The zero-order valence-electron chi connectivity index (χ0n) is 5.78. The van der Waals surface area contributed by atoms with Gasteiger partial charge in [0.2, 0.25) is 0 Å². The fourth-order valence-corrected chi connectivity index (χ4v) is 1.39. The van der Waals surface area contributed by atoms with Gasteiger partial charge in [-0.1, -0.05) is 34.8 Å². The van der Waals surface area contributed by atoms with Crippen LogP contribution in [0.3, 0.4) is 0 Å². The molecular formula is C4BrCl3F6. The molecule has 0 aliphatic carbocycles. The van der Waals surface area contributed by atoms with Gasteiger partial charge in [0.25, 0.3) is 3.79 Å². The summed E-state index contributed by atoms with van der Waals surface area (Å²) in [5, 5.41) is 0. The van der Waals surface area contributed by atoms with E-state index >= 15 is 0 Å². The molecule has 0 spiro atoms. The molecule has 1 unspecified atom stereocenters. The minimum atomic E-state index is -5.92. The highest BCUT2D eigenvalue weighted by atomic mass is 79.9. The Morgan fingerprint density at radius 2 is 1.07 bits per heavy atom. The second kappa shape index (κ2) is 3.75. The second-order valence-corrected chi connectivity index (χ2v) is 5.52. The minimum Gasteiger partial charge on any atom is -0.214 e. The van der Waals surface area contributed by atoms with E-state index in [1.54, 1.807) is 0 Å². The number of hydrogen-bond donors (Lipinski definition) is 0. The third kappa shape index (κ3) is 2.36. The largest absolute Gasteiger partial charge is 0.439 e. The predicted octanol–water partition coefficient (Wildman–Crippen LogP) is 4.61. The van der Waals surface area contributed by atoms with Crippen molar-refractivity contribution in [1.82, 2.24) is 0 Å². The zero-order valence-corrected chi connectivity index (χ0v) is 9.63. The van der Waals surface area contributed by atoms with Crippen LogP contribution in [0.2, 0.25) is 0 Å². The van der Waals surface area contributed by atoms with E-state index in [0.29, 0.717) is 0 Å². The first-order valence-corrected chi connectivity index (χ1v) is 4.57. The Labute approximate surface area is 97.6 Å². The van der Waals surface area contributed by atoms with E-state index in [0.717, 1.165) is 15.9 Å². The van der Waals surface area contributed by atoms with Gasteiger partial charge in [-0.3, -0.25) is 0 Å². The molecule has 0 aromatic rings. The van der Waals surface area contributed by atoms with Gasteiger partial charge in [-0.2, -0.15) is 22.0 Å². The van der Waals surface area contributed by atoms with Crippen molar-refractivity contribution < 1.29 is 26.3 Å². The van der Waals surface area contributed by atoms with Gasteiger partial charge in [-0.05, 0) is 15.9 Å². The third-order valence-electron chi connectivity index (χ3n) is 1.11. The summed E-state index contributed by atoms with van der Waals surface area (Å²) in [5.41, 5.74) is 0. The first-order valence-electron chi connectivity index (χ1n) is 2.64.